The van der Waals surface area contributed by atoms with Gasteiger partial charge in [-0.15, -0.1) is 0 Å². The molecule has 1 atom stereocenters. The molecular weight excluding hydrogens is 362 g/mol. The van der Waals surface area contributed by atoms with Crippen molar-refractivity contribution in [2.45, 2.75) is 25.2 Å². The fourth-order valence-electron chi connectivity index (χ4n) is 2.49. The highest BCUT2D eigenvalue weighted by Crippen LogP contribution is 2.27. The van der Waals surface area contributed by atoms with E-state index in [1.54, 1.807) is 6.07 Å². The molecule has 142 valence electrons. The Hall–Kier alpha value is -2.46. The number of carbonyl (C=O) groups excluding carboxylic acids is 2. The minimum Gasteiger partial charge on any atom is -0.481 e. The lowest BCUT2D eigenvalue weighted by atomic mass is 9.93. The van der Waals surface area contributed by atoms with E-state index in [1.807, 2.05) is 0 Å². The van der Waals surface area contributed by atoms with Crippen LogP contribution in [-0.4, -0.2) is 44.4 Å². The zero-order chi connectivity index (χ0) is 19.7. The summed E-state index contributed by atoms with van der Waals surface area (Å²) in [6.45, 7) is 2.99. The Morgan fingerprint density at radius 3 is 2.62 bits per heavy atom. The summed E-state index contributed by atoms with van der Waals surface area (Å²) in [4.78, 5) is 36.8. The van der Waals surface area contributed by atoms with Gasteiger partial charge in [0.25, 0.3) is 0 Å². The van der Waals surface area contributed by atoms with Crippen LogP contribution in [0.25, 0.3) is 0 Å². The molecule has 26 heavy (non-hydrogen) atoms. The van der Waals surface area contributed by atoms with Crippen molar-refractivity contribution in [3.63, 3.8) is 0 Å². The first-order chi connectivity index (χ1) is 11.9. The van der Waals surface area contributed by atoms with Gasteiger partial charge in [-0.25, -0.2) is 13.6 Å². The highest BCUT2D eigenvalue weighted by atomic mass is 32.2. The monoisotopic (exact) mass is 383 g/mol. The van der Waals surface area contributed by atoms with Gasteiger partial charge in [0.2, 0.25) is 21.8 Å². The van der Waals surface area contributed by atoms with Crippen LogP contribution >= 0.6 is 0 Å². The van der Waals surface area contributed by atoms with Crippen molar-refractivity contribution in [1.82, 2.24) is 5.32 Å². The van der Waals surface area contributed by atoms with Crippen molar-refractivity contribution in [3.8, 4) is 0 Å². The minimum absolute atomic E-state index is 0.0427. The maximum absolute atomic E-state index is 12.3. The van der Waals surface area contributed by atoms with Crippen molar-refractivity contribution in [2.75, 3.05) is 18.0 Å². The molecular formula is C16H21N3O6S. The van der Waals surface area contributed by atoms with Gasteiger partial charge < -0.3 is 15.3 Å². The summed E-state index contributed by atoms with van der Waals surface area (Å²) in [5.74, 6) is -2.43. The second-order valence-electron chi connectivity index (χ2n) is 6.85. The molecule has 1 aromatic rings. The summed E-state index contributed by atoms with van der Waals surface area (Å²) >= 11 is 0. The molecule has 0 aromatic heterocycles. The molecule has 4 N–H and O–H groups in total. The Labute approximate surface area is 151 Å². The number of primary sulfonamides is 1. The van der Waals surface area contributed by atoms with Gasteiger partial charge in [-0.1, -0.05) is 6.07 Å². The predicted molar refractivity (Wildman–Crippen MR) is 92.7 cm³/mol. The molecule has 0 saturated carbocycles. The minimum atomic E-state index is -3.91. The SMILES string of the molecule is CC(C)(CNC(=O)C1CC(=O)N(c2cccc(S(N)(=O)=O)c2)C1)C(=O)O. The van der Waals surface area contributed by atoms with Crippen molar-refractivity contribution in [3.05, 3.63) is 24.3 Å². The predicted octanol–water partition coefficient (Wildman–Crippen LogP) is -0.0861. The lowest BCUT2D eigenvalue weighted by molar-refractivity contribution is -0.147. The summed E-state index contributed by atoms with van der Waals surface area (Å²) in [7, 11) is -3.91. The van der Waals surface area contributed by atoms with Crippen molar-refractivity contribution >= 4 is 33.5 Å². The van der Waals surface area contributed by atoms with Gasteiger partial charge >= 0.3 is 5.97 Å². The Kier molecular flexibility index (Phi) is 5.38. The van der Waals surface area contributed by atoms with E-state index in [4.69, 9.17) is 10.2 Å². The van der Waals surface area contributed by atoms with E-state index in [0.717, 1.165) is 0 Å². The average Bonchev–Trinajstić information content (AvgIpc) is 2.94. The molecule has 0 spiro atoms. The van der Waals surface area contributed by atoms with E-state index in [2.05, 4.69) is 5.32 Å². The molecule has 1 aromatic carbocycles. The number of carboxylic acids is 1. The number of anilines is 1. The van der Waals surface area contributed by atoms with E-state index in [-0.39, 0.29) is 30.3 Å². The number of benzene rings is 1. The van der Waals surface area contributed by atoms with Gasteiger partial charge in [-0.2, -0.15) is 0 Å². The number of sulfonamides is 1. The van der Waals surface area contributed by atoms with Crippen LogP contribution in [-0.2, 0) is 24.4 Å². The van der Waals surface area contributed by atoms with E-state index >= 15 is 0 Å². The first-order valence-corrected chi connectivity index (χ1v) is 9.41. The van der Waals surface area contributed by atoms with Crippen LogP contribution in [0.1, 0.15) is 20.3 Å². The first-order valence-electron chi connectivity index (χ1n) is 7.86. The van der Waals surface area contributed by atoms with Crippen LogP contribution in [0.15, 0.2) is 29.2 Å². The standard InChI is InChI=1S/C16H21N3O6S/c1-16(2,15(22)23)9-18-14(21)10-6-13(20)19(8-10)11-4-3-5-12(7-11)26(17,24)25/h3-5,7,10H,6,8-9H2,1-2H3,(H,18,21)(H,22,23)(H2,17,24,25). The van der Waals surface area contributed by atoms with Crippen molar-refractivity contribution in [1.29, 1.82) is 0 Å². The first kappa shape index (κ1) is 19.9. The highest BCUT2D eigenvalue weighted by Gasteiger charge is 2.36. The molecule has 1 heterocycles. The zero-order valence-corrected chi connectivity index (χ0v) is 15.2. The van der Waals surface area contributed by atoms with Gasteiger partial charge in [0.1, 0.15) is 0 Å². The van der Waals surface area contributed by atoms with Crippen molar-refractivity contribution in [2.24, 2.45) is 16.5 Å². The van der Waals surface area contributed by atoms with Crippen LogP contribution in [0, 0.1) is 11.3 Å². The van der Waals surface area contributed by atoms with Crippen LogP contribution in [0.5, 0.6) is 0 Å². The number of nitrogens with two attached hydrogens (primary N) is 1. The Bertz CT molecular complexity index is 849. The third-order valence-corrected chi connectivity index (χ3v) is 5.15. The maximum atomic E-state index is 12.3. The molecule has 1 saturated heterocycles. The van der Waals surface area contributed by atoms with Crippen LogP contribution in [0.2, 0.25) is 0 Å². The van der Waals surface area contributed by atoms with E-state index < -0.39 is 33.2 Å². The third kappa shape index (κ3) is 4.38. The molecule has 1 aliphatic heterocycles. The molecule has 10 heteroatoms. The van der Waals surface area contributed by atoms with Gasteiger partial charge in [-0.05, 0) is 32.0 Å². The Balaban J connectivity index is 2.09. The van der Waals surface area contributed by atoms with E-state index in [0.29, 0.717) is 5.69 Å². The molecule has 0 bridgehead atoms. The fraction of sp³-hybridized carbons (Fsp3) is 0.438. The summed E-state index contributed by atoms with van der Waals surface area (Å²) in [6, 6.07) is 5.62. The molecule has 1 fully saturated rings. The number of nitrogens with one attached hydrogen (secondary N) is 1. The van der Waals surface area contributed by atoms with E-state index in [1.165, 1.54) is 36.9 Å². The topological polar surface area (TPSA) is 147 Å². The summed E-state index contributed by atoms with van der Waals surface area (Å²) in [5.41, 5.74) is -0.787. The lowest BCUT2D eigenvalue weighted by Crippen LogP contribution is -2.41. The van der Waals surface area contributed by atoms with Crippen molar-refractivity contribution < 1.29 is 27.9 Å². The lowest BCUT2D eigenvalue weighted by Gasteiger charge is -2.21. The van der Waals surface area contributed by atoms with Crippen LogP contribution in [0.3, 0.4) is 0 Å². The molecule has 1 aliphatic rings. The number of carboxylic acid groups (broad SMARTS) is 1. The normalized spacial score (nSPS) is 18.0. The molecule has 0 radical (unpaired) electrons. The molecule has 0 aliphatic carbocycles. The highest BCUT2D eigenvalue weighted by molar-refractivity contribution is 7.89. The largest absolute Gasteiger partial charge is 0.481 e. The van der Waals surface area contributed by atoms with Gasteiger partial charge in [-0.3, -0.25) is 14.4 Å². The second kappa shape index (κ2) is 7.04. The summed E-state index contributed by atoms with van der Waals surface area (Å²) < 4.78 is 22.9. The van der Waals surface area contributed by atoms with Gasteiger partial charge in [0.15, 0.2) is 0 Å². The number of hydrogen-bond acceptors (Lipinski definition) is 5. The summed E-state index contributed by atoms with van der Waals surface area (Å²) in [6.07, 6.45) is -0.0427. The number of amides is 2. The number of aliphatic carboxylic acids is 1. The van der Waals surface area contributed by atoms with Crippen LogP contribution < -0.4 is 15.4 Å². The fourth-order valence-corrected chi connectivity index (χ4v) is 3.04. The second-order valence-corrected chi connectivity index (χ2v) is 8.42. The molecule has 1 unspecified atom stereocenters. The Morgan fingerprint density at radius 1 is 1.38 bits per heavy atom. The van der Waals surface area contributed by atoms with Crippen LogP contribution in [0.4, 0.5) is 5.69 Å². The summed E-state index contributed by atoms with van der Waals surface area (Å²) in [5, 5.41) is 16.7. The van der Waals surface area contributed by atoms with E-state index in [9.17, 15) is 22.8 Å². The maximum Gasteiger partial charge on any atom is 0.310 e. The number of carbonyl (C=O) groups is 3. The molecule has 2 amide bonds. The third-order valence-electron chi connectivity index (χ3n) is 4.24. The number of nitrogens with zero attached hydrogens (tertiary/aromatic N) is 1. The molecule has 2 rings (SSSR count). The van der Waals surface area contributed by atoms with Gasteiger partial charge in [0, 0.05) is 25.2 Å². The Morgan fingerprint density at radius 2 is 2.04 bits per heavy atom. The quantitative estimate of drug-likeness (QED) is 0.626. The molecule has 9 nitrogen and oxygen atoms in total. The smallest absolute Gasteiger partial charge is 0.310 e. The number of hydrogen-bond donors (Lipinski definition) is 3. The number of rotatable bonds is 6. The zero-order valence-electron chi connectivity index (χ0n) is 14.4. The average molecular weight is 383 g/mol. The van der Waals surface area contributed by atoms with Gasteiger partial charge in [0.05, 0.1) is 16.2 Å².